The fourth-order valence-corrected chi connectivity index (χ4v) is 2.89. The van der Waals surface area contributed by atoms with Gasteiger partial charge in [0.25, 0.3) is 0 Å². The van der Waals surface area contributed by atoms with Crippen LogP contribution in [0.15, 0.2) is 24.3 Å². The Morgan fingerprint density at radius 3 is 2.72 bits per heavy atom. The van der Waals surface area contributed by atoms with Gasteiger partial charge in [-0.15, -0.1) is 0 Å². The zero-order valence-electron chi connectivity index (χ0n) is 10.8. The summed E-state index contributed by atoms with van der Waals surface area (Å²) in [4.78, 5) is 0. The number of nitriles is 1. The Hall–Kier alpha value is -1.38. The third-order valence-electron chi connectivity index (χ3n) is 2.69. The second kappa shape index (κ2) is 6.53. The van der Waals surface area contributed by atoms with E-state index in [4.69, 9.17) is 5.26 Å². The summed E-state index contributed by atoms with van der Waals surface area (Å²) in [5, 5.41) is 8.79. The molecule has 0 radical (unpaired) electrons. The monoisotopic (exact) mass is 266 g/mol. The van der Waals surface area contributed by atoms with Gasteiger partial charge in [0.15, 0.2) is 0 Å². The van der Waals surface area contributed by atoms with Gasteiger partial charge in [-0.25, -0.2) is 12.7 Å². The Balaban J connectivity index is 2.75. The number of rotatable bonds is 6. The summed E-state index contributed by atoms with van der Waals surface area (Å²) < 4.78 is 25.2. The van der Waals surface area contributed by atoms with Gasteiger partial charge in [0, 0.05) is 13.6 Å². The zero-order valence-corrected chi connectivity index (χ0v) is 11.6. The lowest BCUT2D eigenvalue weighted by Gasteiger charge is -2.17. The molecule has 18 heavy (non-hydrogen) atoms. The summed E-state index contributed by atoms with van der Waals surface area (Å²) in [6.07, 6.45) is 1.53. The maximum atomic E-state index is 11.9. The average molecular weight is 266 g/mol. The van der Waals surface area contributed by atoms with Gasteiger partial charge in [0.1, 0.15) is 0 Å². The molecule has 0 atom stereocenters. The first-order valence-electron chi connectivity index (χ1n) is 5.92. The summed E-state index contributed by atoms with van der Waals surface area (Å²) in [6, 6.07) is 9.05. The summed E-state index contributed by atoms with van der Waals surface area (Å²) in [6.45, 7) is 2.27. The molecule has 0 saturated carbocycles. The van der Waals surface area contributed by atoms with E-state index < -0.39 is 10.0 Å². The molecular formula is C13H18N2O2S. The molecule has 0 bridgehead atoms. The molecule has 0 aliphatic carbocycles. The van der Waals surface area contributed by atoms with Gasteiger partial charge in [-0.05, 0) is 24.1 Å². The zero-order chi connectivity index (χ0) is 13.6. The quantitative estimate of drug-likeness (QED) is 0.792. The highest BCUT2D eigenvalue weighted by Crippen LogP contribution is 2.10. The van der Waals surface area contributed by atoms with Crippen molar-refractivity contribution in [2.24, 2.45) is 0 Å². The fourth-order valence-electron chi connectivity index (χ4n) is 1.58. The van der Waals surface area contributed by atoms with E-state index in [1.807, 2.05) is 19.1 Å². The van der Waals surface area contributed by atoms with E-state index in [9.17, 15) is 8.42 Å². The molecule has 0 aliphatic heterocycles. The van der Waals surface area contributed by atoms with E-state index in [-0.39, 0.29) is 5.75 Å². The Labute approximate surface area is 109 Å². The van der Waals surface area contributed by atoms with Gasteiger partial charge in [-0.2, -0.15) is 5.26 Å². The van der Waals surface area contributed by atoms with Crippen LogP contribution in [0, 0.1) is 11.3 Å². The first kappa shape index (κ1) is 14.7. The van der Waals surface area contributed by atoms with Gasteiger partial charge in [-0.1, -0.05) is 25.5 Å². The van der Waals surface area contributed by atoms with Crippen LogP contribution < -0.4 is 0 Å². The molecule has 0 fully saturated rings. The molecule has 0 aliphatic rings. The van der Waals surface area contributed by atoms with E-state index in [0.29, 0.717) is 18.5 Å². The van der Waals surface area contributed by atoms with E-state index in [1.165, 1.54) is 4.31 Å². The van der Waals surface area contributed by atoms with Crippen molar-refractivity contribution >= 4 is 10.0 Å². The Morgan fingerprint density at radius 2 is 2.11 bits per heavy atom. The van der Waals surface area contributed by atoms with Crippen molar-refractivity contribution in [1.29, 1.82) is 5.26 Å². The number of sulfonamides is 1. The highest BCUT2D eigenvalue weighted by atomic mass is 32.2. The molecule has 98 valence electrons. The molecule has 1 rings (SSSR count). The summed E-state index contributed by atoms with van der Waals surface area (Å²) in [5.41, 5.74) is 1.38. The standard InChI is InChI=1S/C13H18N2O2S/c1-3-4-8-18(16,17)15(2)11-13-7-5-6-12(9-13)10-14/h5-7,9H,3-4,8,11H2,1-2H3. The molecular weight excluding hydrogens is 248 g/mol. The Morgan fingerprint density at radius 1 is 1.39 bits per heavy atom. The minimum atomic E-state index is -3.19. The lowest BCUT2D eigenvalue weighted by atomic mass is 10.1. The van der Waals surface area contributed by atoms with Crippen molar-refractivity contribution in [3.8, 4) is 6.07 Å². The maximum Gasteiger partial charge on any atom is 0.214 e. The third kappa shape index (κ3) is 4.13. The average Bonchev–Trinajstić information content (AvgIpc) is 2.36. The molecule has 1 aromatic rings. The second-order valence-electron chi connectivity index (χ2n) is 4.24. The lowest BCUT2D eigenvalue weighted by molar-refractivity contribution is 0.465. The molecule has 0 aromatic heterocycles. The molecule has 5 heteroatoms. The van der Waals surface area contributed by atoms with Crippen molar-refractivity contribution in [1.82, 2.24) is 4.31 Å². The van der Waals surface area contributed by atoms with Crippen molar-refractivity contribution in [3.05, 3.63) is 35.4 Å². The van der Waals surface area contributed by atoms with Crippen LogP contribution >= 0.6 is 0 Å². The van der Waals surface area contributed by atoms with E-state index in [1.54, 1.807) is 25.2 Å². The largest absolute Gasteiger partial charge is 0.214 e. The van der Waals surface area contributed by atoms with Crippen LogP contribution in [0.5, 0.6) is 0 Å². The Kier molecular flexibility index (Phi) is 5.32. The highest BCUT2D eigenvalue weighted by Gasteiger charge is 2.17. The summed E-state index contributed by atoms with van der Waals surface area (Å²) >= 11 is 0. The minimum absolute atomic E-state index is 0.179. The number of benzene rings is 1. The predicted octanol–water partition coefficient (Wildman–Crippen LogP) is 2.12. The summed E-state index contributed by atoms with van der Waals surface area (Å²) in [7, 11) is -1.62. The van der Waals surface area contributed by atoms with Crippen LogP contribution in [0.4, 0.5) is 0 Å². The normalized spacial score (nSPS) is 11.4. The van der Waals surface area contributed by atoms with Crippen molar-refractivity contribution in [3.63, 3.8) is 0 Å². The fraction of sp³-hybridized carbons (Fsp3) is 0.462. The van der Waals surface area contributed by atoms with E-state index >= 15 is 0 Å². The molecule has 0 N–H and O–H groups in total. The first-order valence-corrected chi connectivity index (χ1v) is 7.53. The molecule has 0 heterocycles. The second-order valence-corrected chi connectivity index (χ2v) is 6.43. The lowest BCUT2D eigenvalue weighted by Crippen LogP contribution is -2.28. The molecule has 4 nitrogen and oxygen atoms in total. The van der Waals surface area contributed by atoms with Gasteiger partial charge in [0.2, 0.25) is 10.0 Å². The molecule has 0 unspecified atom stereocenters. The van der Waals surface area contributed by atoms with Gasteiger partial charge in [-0.3, -0.25) is 0 Å². The molecule has 0 saturated heterocycles. The Bertz CT molecular complexity index is 532. The number of unbranched alkanes of at least 4 members (excludes halogenated alkanes) is 1. The van der Waals surface area contributed by atoms with Crippen LogP contribution in [-0.4, -0.2) is 25.5 Å². The maximum absolute atomic E-state index is 11.9. The van der Waals surface area contributed by atoms with Crippen molar-refractivity contribution in [2.45, 2.75) is 26.3 Å². The number of nitrogens with zero attached hydrogens (tertiary/aromatic N) is 2. The van der Waals surface area contributed by atoms with Crippen LogP contribution in [0.1, 0.15) is 30.9 Å². The van der Waals surface area contributed by atoms with Crippen LogP contribution in [0.25, 0.3) is 0 Å². The van der Waals surface area contributed by atoms with Gasteiger partial charge in [0.05, 0.1) is 17.4 Å². The predicted molar refractivity (Wildman–Crippen MR) is 71.3 cm³/mol. The smallest absolute Gasteiger partial charge is 0.212 e. The highest BCUT2D eigenvalue weighted by molar-refractivity contribution is 7.89. The van der Waals surface area contributed by atoms with Crippen LogP contribution in [-0.2, 0) is 16.6 Å². The topological polar surface area (TPSA) is 61.2 Å². The van der Waals surface area contributed by atoms with Gasteiger partial charge < -0.3 is 0 Å². The van der Waals surface area contributed by atoms with Gasteiger partial charge >= 0.3 is 0 Å². The molecule has 0 spiro atoms. The first-order chi connectivity index (χ1) is 8.49. The van der Waals surface area contributed by atoms with Crippen molar-refractivity contribution < 1.29 is 8.42 Å². The molecule has 0 amide bonds. The minimum Gasteiger partial charge on any atom is -0.212 e. The van der Waals surface area contributed by atoms with E-state index in [2.05, 4.69) is 0 Å². The van der Waals surface area contributed by atoms with E-state index in [0.717, 1.165) is 12.0 Å². The number of hydrogen-bond acceptors (Lipinski definition) is 3. The number of hydrogen-bond donors (Lipinski definition) is 0. The van der Waals surface area contributed by atoms with Crippen molar-refractivity contribution in [2.75, 3.05) is 12.8 Å². The molecule has 1 aromatic carbocycles. The SMILES string of the molecule is CCCCS(=O)(=O)N(C)Cc1cccc(C#N)c1. The summed E-state index contributed by atoms with van der Waals surface area (Å²) in [5.74, 6) is 0.179. The third-order valence-corrected chi connectivity index (χ3v) is 4.58. The van der Waals surface area contributed by atoms with Crippen LogP contribution in [0.2, 0.25) is 0 Å². The van der Waals surface area contributed by atoms with Crippen LogP contribution in [0.3, 0.4) is 0 Å².